The molecule has 0 saturated heterocycles. The molecule has 1 aliphatic carbocycles. The lowest BCUT2D eigenvalue weighted by Crippen LogP contribution is -2.27. The van der Waals surface area contributed by atoms with Crippen molar-refractivity contribution in [3.8, 4) is 6.07 Å². The average molecular weight is 207 g/mol. The molecule has 0 atom stereocenters. The van der Waals surface area contributed by atoms with Crippen LogP contribution in [-0.4, -0.2) is 6.04 Å². The summed E-state index contributed by atoms with van der Waals surface area (Å²) in [6.45, 7) is 0. The van der Waals surface area contributed by atoms with Crippen molar-refractivity contribution in [2.24, 2.45) is 0 Å². The highest BCUT2D eigenvalue weighted by atomic mass is 35.5. The number of hydrogen-bond acceptors (Lipinski definition) is 2. The van der Waals surface area contributed by atoms with Gasteiger partial charge in [0.1, 0.15) is 0 Å². The fourth-order valence-corrected chi connectivity index (χ4v) is 1.65. The lowest BCUT2D eigenvalue weighted by molar-refractivity contribution is 0.445. The molecule has 0 radical (unpaired) electrons. The van der Waals surface area contributed by atoms with Crippen LogP contribution in [-0.2, 0) is 0 Å². The number of rotatable bonds is 2. The fourth-order valence-electron chi connectivity index (χ4n) is 1.48. The molecule has 1 aliphatic rings. The first-order valence-corrected chi connectivity index (χ1v) is 5.13. The smallest absolute Gasteiger partial charge is 0.0992 e. The predicted octanol–water partition coefficient (Wildman–Crippen LogP) is 3.18. The number of nitrogens with zero attached hydrogens (tertiary/aromatic N) is 1. The Morgan fingerprint density at radius 3 is 2.79 bits per heavy atom. The highest BCUT2D eigenvalue weighted by molar-refractivity contribution is 6.33. The average Bonchev–Trinajstić information content (AvgIpc) is 2.14. The van der Waals surface area contributed by atoms with Gasteiger partial charge in [0.25, 0.3) is 0 Å². The third kappa shape index (κ3) is 1.83. The molecule has 0 heterocycles. The summed E-state index contributed by atoms with van der Waals surface area (Å²) in [7, 11) is 0. The molecule has 14 heavy (non-hydrogen) atoms. The molecule has 0 aromatic heterocycles. The van der Waals surface area contributed by atoms with Gasteiger partial charge in [-0.25, -0.2) is 0 Å². The van der Waals surface area contributed by atoms with Crippen molar-refractivity contribution in [1.29, 1.82) is 5.26 Å². The number of hydrogen-bond donors (Lipinski definition) is 1. The molecule has 1 aromatic rings. The molecule has 1 aromatic carbocycles. The van der Waals surface area contributed by atoms with Gasteiger partial charge in [-0.1, -0.05) is 11.6 Å². The normalized spacial score (nSPS) is 15.7. The topological polar surface area (TPSA) is 35.8 Å². The zero-order chi connectivity index (χ0) is 9.97. The molecule has 2 nitrogen and oxygen atoms in total. The van der Waals surface area contributed by atoms with Crippen LogP contribution in [0.25, 0.3) is 0 Å². The van der Waals surface area contributed by atoms with Crippen molar-refractivity contribution in [2.75, 3.05) is 5.32 Å². The van der Waals surface area contributed by atoms with Crippen LogP contribution in [0.4, 0.5) is 5.69 Å². The number of halogens is 1. The Morgan fingerprint density at radius 2 is 2.21 bits per heavy atom. The van der Waals surface area contributed by atoms with Crippen LogP contribution in [0.3, 0.4) is 0 Å². The number of benzene rings is 1. The second kappa shape index (κ2) is 3.89. The minimum Gasteiger partial charge on any atom is -0.381 e. The maximum atomic E-state index is 8.74. The summed E-state index contributed by atoms with van der Waals surface area (Å²) in [4.78, 5) is 0. The Hall–Kier alpha value is -1.20. The van der Waals surface area contributed by atoms with Crippen LogP contribution < -0.4 is 5.32 Å². The summed E-state index contributed by atoms with van der Waals surface area (Å²) in [5.41, 5.74) is 1.53. The molecule has 0 unspecified atom stereocenters. The molecule has 0 spiro atoms. The monoisotopic (exact) mass is 206 g/mol. The number of nitrogens with one attached hydrogen (secondary N) is 1. The summed E-state index contributed by atoms with van der Waals surface area (Å²) >= 11 is 6.01. The van der Waals surface area contributed by atoms with Gasteiger partial charge in [-0.05, 0) is 37.5 Å². The van der Waals surface area contributed by atoms with E-state index in [1.165, 1.54) is 19.3 Å². The van der Waals surface area contributed by atoms with Crippen LogP contribution in [0.15, 0.2) is 18.2 Å². The van der Waals surface area contributed by atoms with E-state index in [1.807, 2.05) is 0 Å². The van der Waals surface area contributed by atoms with E-state index >= 15 is 0 Å². The van der Waals surface area contributed by atoms with E-state index in [4.69, 9.17) is 16.9 Å². The number of nitriles is 1. The minimum atomic E-state index is 0.543. The fraction of sp³-hybridized carbons (Fsp3) is 0.364. The molecule has 3 heteroatoms. The first kappa shape index (κ1) is 9.36. The van der Waals surface area contributed by atoms with Crippen molar-refractivity contribution in [1.82, 2.24) is 0 Å². The zero-order valence-corrected chi connectivity index (χ0v) is 8.51. The molecule has 72 valence electrons. The van der Waals surface area contributed by atoms with E-state index in [1.54, 1.807) is 18.2 Å². The maximum Gasteiger partial charge on any atom is 0.0992 e. The molecule has 1 saturated carbocycles. The SMILES string of the molecule is N#Cc1ccc(Cl)c(NC2CCC2)c1. The van der Waals surface area contributed by atoms with Gasteiger partial charge in [-0.2, -0.15) is 5.26 Å². The second-order valence-electron chi connectivity index (χ2n) is 3.58. The lowest BCUT2D eigenvalue weighted by Gasteiger charge is -2.27. The summed E-state index contributed by atoms with van der Waals surface area (Å²) in [6.07, 6.45) is 3.69. The molecular formula is C11H11ClN2. The molecule has 1 fully saturated rings. The maximum absolute atomic E-state index is 8.74. The van der Waals surface area contributed by atoms with Crippen molar-refractivity contribution in [3.05, 3.63) is 28.8 Å². The standard InChI is InChI=1S/C11H11ClN2/c12-10-5-4-8(7-13)6-11(10)14-9-2-1-3-9/h4-6,9,14H,1-3H2. The molecule has 2 rings (SSSR count). The van der Waals surface area contributed by atoms with Crippen molar-refractivity contribution >= 4 is 17.3 Å². The second-order valence-corrected chi connectivity index (χ2v) is 3.99. The Balaban J connectivity index is 2.18. The molecule has 0 bridgehead atoms. The van der Waals surface area contributed by atoms with Crippen LogP contribution >= 0.6 is 11.6 Å². The zero-order valence-electron chi connectivity index (χ0n) is 7.76. The van der Waals surface area contributed by atoms with Crippen molar-refractivity contribution < 1.29 is 0 Å². The van der Waals surface area contributed by atoms with E-state index in [9.17, 15) is 0 Å². The lowest BCUT2D eigenvalue weighted by atomic mass is 9.93. The minimum absolute atomic E-state index is 0.543. The first-order chi connectivity index (χ1) is 6.79. The first-order valence-electron chi connectivity index (χ1n) is 4.76. The van der Waals surface area contributed by atoms with Crippen LogP contribution in [0.1, 0.15) is 24.8 Å². The van der Waals surface area contributed by atoms with Gasteiger partial charge in [0, 0.05) is 6.04 Å². The Morgan fingerprint density at radius 1 is 1.43 bits per heavy atom. The molecule has 0 aliphatic heterocycles. The Labute approximate surface area is 88.5 Å². The highest BCUT2D eigenvalue weighted by Crippen LogP contribution is 2.28. The van der Waals surface area contributed by atoms with Gasteiger partial charge < -0.3 is 5.32 Å². The van der Waals surface area contributed by atoms with E-state index in [-0.39, 0.29) is 0 Å². The van der Waals surface area contributed by atoms with Crippen LogP contribution in [0, 0.1) is 11.3 Å². The summed E-state index contributed by atoms with van der Waals surface area (Å²) in [5, 5.41) is 12.8. The van der Waals surface area contributed by atoms with Gasteiger partial charge in [-0.15, -0.1) is 0 Å². The van der Waals surface area contributed by atoms with E-state index in [0.29, 0.717) is 16.6 Å². The highest BCUT2D eigenvalue weighted by Gasteiger charge is 2.17. The predicted molar refractivity (Wildman–Crippen MR) is 57.4 cm³/mol. The third-order valence-electron chi connectivity index (χ3n) is 2.56. The summed E-state index contributed by atoms with van der Waals surface area (Å²) in [5.74, 6) is 0. The van der Waals surface area contributed by atoms with E-state index < -0.39 is 0 Å². The number of anilines is 1. The molecule has 1 N–H and O–H groups in total. The van der Waals surface area contributed by atoms with E-state index in [0.717, 1.165) is 5.69 Å². The summed E-state index contributed by atoms with van der Waals surface area (Å²) in [6, 6.07) is 7.95. The Kier molecular flexibility index (Phi) is 2.60. The van der Waals surface area contributed by atoms with E-state index in [2.05, 4.69) is 11.4 Å². The van der Waals surface area contributed by atoms with Crippen LogP contribution in [0.5, 0.6) is 0 Å². The molecule has 0 amide bonds. The van der Waals surface area contributed by atoms with Crippen molar-refractivity contribution in [3.63, 3.8) is 0 Å². The largest absolute Gasteiger partial charge is 0.381 e. The summed E-state index contributed by atoms with van der Waals surface area (Å²) < 4.78 is 0. The van der Waals surface area contributed by atoms with Gasteiger partial charge in [-0.3, -0.25) is 0 Å². The van der Waals surface area contributed by atoms with Gasteiger partial charge >= 0.3 is 0 Å². The van der Waals surface area contributed by atoms with Gasteiger partial charge in [0.15, 0.2) is 0 Å². The van der Waals surface area contributed by atoms with Gasteiger partial charge in [0.05, 0.1) is 22.3 Å². The third-order valence-corrected chi connectivity index (χ3v) is 2.89. The Bertz CT molecular complexity index is 377. The quantitative estimate of drug-likeness (QED) is 0.807. The molecular weight excluding hydrogens is 196 g/mol. The van der Waals surface area contributed by atoms with Gasteiger partial charge in [0.2, 0.25) is 0 Å². The van der Waals surface area contributed by atoms with Crippen LogP contribution in [0.2, 0.25) is 5.02 Å². The van der Waals surface area contributed by atoms with Crippen molar-refractivity contribution in [2.45, 2.75) is 25.3 Å².